The van der Waals surface area contributed by atoms with Crippen molar-refractivity contribution in [3.63, 3.8) is 0 Å². The minimum Gasteiger partial charge on any atom is -0.494 e. The second-order valence-electron chi connectivity index (χ2n) is 3.95. The van der Waals surface area contributed by atoms with E-state index in [-0.39, 0.29) is 0 Å². The van der Waals surface area contributed by atoms with E-state index in [1.165, 1.54) is 0 Å². The van der Waals surface area contributed by atoms with Crippen molar-refractivity contribution >= 4 is 5.97 Å². The Balaban J connectivity index is 3.11. The van der Waals surface area contributed by atoms with Crippen LogP contribution >= 0.6 is 0 Å². The lowest BCUT2D eigenvalue weighted by atomic mass is 9.80. The molecule has 3 nitrogen and oxygen atoms in total. The van der Waals surface area contributed by atoms with Crippen molar-refractivity contribution < 1.29 is 14.6 Å². The fourth-order valence-corrected chi connectivity index (χ4v) is 1.57. The Morgan fingerprint density at radius 3 is 2.62 bits per heavy atom. The second kappa shape index (κ2) is 5.01. The predicted molar refractivity (Wildman–Crippen MR) is 62.9 cm³/mol. The summed E-state index contributed by atoms with van der Waals surface area (Å²) in [6, 6.07) is 7.31. The highest BCUT2D eigenvalue weighted by Gasteiger charge is 2.33. The minimum atomic E-state index is -0.840. The Bertz CT molecular complexity index is 373. The fourth-order valence-electron chi connectivity index (χ4n) is 1.57. The maximum absolute atomic E-state index is 11.3. The Labute approximate surface area is 96.1 Å². The zero-order valence-corrected chi connectivity index (χ0v) is 9.99. The van der Waals surface area contributed by atoms with Crippen molar-refractivity contribution in [2.45, 2.75) is 32.6 Å². The third-order valence-electron chi connectivity index (χ3n) is 2.96. The van der Waals surface area contributed by atoms with Gasteiger partial charge in [0.1, 0.15) is 5.75 Å². The molecule has 1 aromatic rings. The SMILES string of the molecule is CCOc1cccc(C(C)(CC)C(=O)O)c1. The molecule has 0 aliphatic rings. The van der Waals surface area contributed by atoms with Gasteiger partial charge in [0.15, 0.2) is 0 Å². The van der Waals surface area contributed by atoms with Gasteiger partial charge < -0.3 is 9.84 Å². The van der Waals surface area contributed by atoms with Crippen LogP contribution in [0.4, 0.5) is 0 Å². The van der Waals surface area contributed by atoms with Gasteiger partial charge in [0, 0.05) is 0 Å². The first kappa shape index (κ1) is 12.6. The lowest BCUT2D eigenvalue weighted by Crippen LogP contribution is -2.31. The van der Waals surface area contributed by atoms with Gasteiger partial charge in [0.25, 0.3) is 0 Å². The molecule has 0 aromatic heterocycles. The summed E-state index contributed by atoms with van der Waals surface area (Å²) in [6.07, 6.45) is 0.553. The molecular formula is C13H18O3. The van der Waals surface area contributed by atoms with E-state index < -0.39 is 11.4 Å². The highest BCUT2D eigenvalue weighted by atomic mass is 16.5. The van der Waals surface area contributed by atoms with E-state index in [9.17, 15) is 9.90 Å². The van der Waals surface area contributed by atoms with Gasteiger partial charge in [-0.25, -0.2) is 0 Å². The van der Waals surface area contributed by atoms with Gasteiger partial charge in [0.05, 0.1) is 12.0 Å². The molecule has 16 heavy (non-hydrogen) atoms. The summed E-state index contributed by atoms with van der Waals surface area (Å²) in [5, 5.41) is 9.27. The summed E-state index contributed by atoms with van der Waals surface area (Å²) in [5.41, 5.74) is -0.0546. The third-order valence-corrected chi connectivity index (χ3v) is 2.96. The van der Waals surface area contributed by atoms with Gasteiger partial charge in [-0.1, -0.05) is 19.1 Å². The number of hydrogen-bond acceptors (Lipinski definition) is 2. The van der Waals surface area contributed by atoms with Crippen LogP contribution in [0, 0.1) is 0 Å². The first-order chi connectivity index (χ1) is 7.54. The summed E-state index contributed by atoms with van der Waals surface area (Å²) < 4.78 is 5.37. The monoisotopic (exact) mass is 222 g/mol. The fraction of sp³-hybridized carbons (Fsp3) is 0.462. The zero-order chi connectivity index (χ0) is 12.2. The van der Waals surface area contributed by atoms with Crippen LogP contribution in [0.2, 0.25) is 0 Å². The van der Waals surface area contributed by atoms with E-state index in [1.54, 1.807) is 13.0 Å². The van der Waals surface area contributed by atoms with E-state index in [0.717, 1.165) is 11.3 Å². The molecule has 1 rings (SSSR count). The van der Waals surface area contributed by atoms with Gasteiger partial charge in [-0.3, -0.25) is 4.79 Å². The molecule has 0 amide bonds. The number of aliphatic carboxylic acids is 1. The van der Waals surface area contributed by atoms with E-state index in [0.29, 0.717) is 13.0 Å². The molecule has 0 spiro atoms. The molecule has 88 valence electrons. The Kier molecular flexibility index (Phi) is 3.93. The van der Waals surface area contributed by atoms with Crippen molar-refractivity contribution in [2.75, 3.05) is 6.61 Å². The number of rotatable bonds is 5. The molecule has 0 radical (unpaired) electrons. The number of carboxylic acids is 1. The van der Waals surface area contributed by atoms with Gasteiger partial charge >= 0.3 is 5.97 Å². The molecule has 0 aliphatic heterocycles. The average molecular weight is 222 g/mol. The molecule has 0 saturated heterocycles. The lowest BCUT2D eigenvalue weighted by Gasteiger charge is -2.24. The Morgan fingerprint density at radius 1 is 1.44 bits per heavy atom. The van der Waals surface area contributed by atoms with Crippen molar-refractivity contribution in [2.24, 2.45) is 0 Å². The summed E-state index contributed by atoms with van der Waals surface area (Å²) in [7, 11) is 0. The van der Waals surface area contributed by atoms with Crippen LogP contribution in [0.1, 0.15) is 32.8 Å². The summed E-state index contributed by atoms with van der Waals surface area (Å²) in [5.74, 6) is -0.0791. The predicted octanol–water partition coefficient (Wildman–Crippen LogP) is 2.84. The minimum absolute atomic E-state index is 0.553. The van der Waals surface area contributed by atoms with E-state index in [2.05, 4.69) is 0 Å². The quantitative estimate of drug-likeness (QED) is 0.833. The number of hydrogen-bond donors (Lipinski definition) is 1. The molecule has 0 fully saturated rings. The van der Waals surface area contributed by atoms with Crippen LogP contribution < -0.4 is 4.74 Å². The number of carbonyl (C=O) groups is 1. The highest BCUT2D eigenvalue weighted by Crippen LogP contribution is 2.30. The normalized spacial score (nSPS) is 14.2. The number of ether oxygens (including phenoxy) is 1. The molecule has 1 atom stereocenters. The van der Waals surface area contributed by atoms with Crippen LogP contribution in [0.25, 0.3) is 0 Å². The average Bonchev–Trinajstić information content (AvgIpc) is 2.28. The maximum atomic E-state index is 11.3. The van der Waals surface area contributed by atoms with Gasteiger partial charge in [-0.2, -0.15) is 0 Å². The largest absolute Gasteiger partial charge is 0.494 e. The molecule has 0 bridgehead atoms. The third kappa shape index (κ3) is 2.35. The first-order valence-corrected chi connectivity index (χ1v) is 5.51. The Hall–Kier alpha value is -1.51. The van der Waals surface area contributed by atoms with Crippen LogP contribution in [0.5, 0.6) is 5.75 Å². The highest BCUT2D eigenvalue weighted by molar-refractivity contribution is 5.80. The van der Waals surface area contributed by atoms with E-state index in [1.807, 2.05) is 32.0 Å². The molecule has 0 saturated carbocycles. The topological polar surface area (TPSA) is 46.5 Å². The number of benzene rings is 1. The molecule has 1 unspecified atom stereocenters. The van der Waals surface area contributed by atoms with Gasteiger partial charge in [-0.15, -0.1) is 0 Å². The molecule has 1 N–H and O–H groups in total. The smallest absolute Gasteiger partial charge is 0.313 e. The first-order valence-electron chi connectivity index (χ1n) is 5.51. The Morgan fingerprint density at radius 2 is 2.12 bits per heavy atom. The van der Waals surface area contributed by atoms with E-state index >= 15 is 0 Å². The van der Waals surface area contributed by atoms with Crippen molar-refractivity contribution in [1.29, 1.82) is 0 Å². The van der Waals surface area contributed by atoms with Crippen LogP contribution in [-0.4, -0.2) is 17.7 Å². The molecular weight excluding hydrogens is 204 g/mol. The van der Waals surface area contributed by atoms with Crippen LogP contribution in [-0.2, 0) is 10.2 Å². The van der Waals surface area contributed by atoms with Gasteiger partial charge in [0.2, 0.25) is 0 Å². The molecule has 0 heterocycles. The van der Waals surface area contributed by atoms with Crippen LogP contribution in [0.15, 0.2) is 24.3 Å². The maximum Gasteiger partial charge on any atom is 0.313 e. The summed E-state index contributed by atoms with van der Waals surface area (Å²) in [6.45, 7) is 6.10. The zero-order valence-electron chi connectivity index (χ0n) is 9.99. The van der Waals surface area contributed by atoms with E-state index in [4.69, 9.17) is 4.74 Å². The van der Waals surface area contributed by atoms with Crippen molar-refractivity contribution in [1.82, 2.24) is 0 Å². The number of carboxylic acid groups (broad SMARTS) is 1. The van der Waals surface area contributed by atoms with Gasteiger partial charge in [-0.05, 0) is 38.0 Å². The van der Waals surface area contributed by atoms with Crippen molar-refractivity contribution in [3.05, 3.63) is 29.8 Å². The summed E-state index contributed by atoms with van der Waals surface area (Å²) in [4.78, 5) is 11.3. The lowest BCUT2D eigenvalue weighted by molar-refractivity contribution is -0.143. The van der Waals surface area contributed by atoms with Crippen molar-refractivity contribution in [3.8, 4) is 5.75 Å². The molecule has 3 heteroatoms. The van der Waals surface area contributed by atoms with Crippen LogP contribution in [0.3, 0.4) is 0 Å². The second-order valence-corrected chi connectivity index (χ2v) is 3.95. The summed E-state index contributed by atoms with van der Waals surface area (Å²) >= 11 is 0. The molecule has 0 aliphatic carbocycles. The standard InChI is InChI=1S/C13H18O3/c1-4-13(3,12(14)15)10-7-6-8-11(9-10)16-5-2/h6-9H,4-5H2,1-3H3,(H,14,15). The molecule has 1 aromatic carbocycles.